The van der Waals surface area contributed by atoms with E-state index in [1.165, 1.54) is 0 Å². The number of hydrogen-bond acceptors (Lipinski definition) is 3. The van der Waals surface area contributed by atoms with Crippen LogP contribution in [-0.2, 0) is 0 Å². The molecule has 6 heteroatoms. The quantitative estimate of drug-likeness (QED) is 0.610. The lowest BCUT2D eigenvalue weighted by Gasteiger charge is -2.05. The van der Waals surface area contributed by atoms with Gasteiger partial charge in [0.25, 0.3) is 5.91 Å². The second-order valence-electron chi connectivity index (χ2n) is 4.10. The first-order valence-corrected chi connectivity index (χ1v) is 7.61. The van der Waals surface area contributed by atoms with Gasteiger partial charge >= 0.3 is 0 Å². The van der Waals surface area contributed by atoms with Crippen molar-refractivity contribution in [2.24, 2.45) is 5.10 Å². The number of hydrazone groups is 1. The second-order valence-corrected chi connectivity index (χ2v) is 5.87. The van der Waals surface area contributed by atoms with E-state index in [9.17, 15) is 4.79 Å². The largest absolute Gasteiger partial charge is 0.496 e. The van der Waals surface area contributed by atoms with Gasteiger partial charge in [-0.1, -0.05) is 28.1 Å². The van der Waals surface area contributed by atoms with Crippen molar-refractivity contribution in [3.8, 4) is 5.75 Å². The van der Waals surface area contributed by atoms with Gasteiger partial charge in [0, 0.05) is 10.0 Å². The summed E-state index contributed by atoms with van der Waals surface area (Å²) in [6.07, 6.45) is 1.58. The molecule has 2 rings (SSSR count). The zero-order chi connectivity index (χ0) is 15.2. The zero-order valence-corrected chi connectivity index (χ0v) is 14.3. The van der Waals surface area contributed by atoms with Gasteiger partial charge in [-0.05, 0) is 51.8 Å². The molecule has 0 aliphatic heterocycles. The molecule has 0 saturated carbocycles. The third-order valence-electron chi connectivity index (χ3n) is 2.64. The first-order valence-electron chi connectivity index (χ1n) is 6.02. The predicted octanol–water partition coefficient (Wildman–Crippen LogP) is 3.98. The van der Waals surface area contributed by atoms with Gasteiger partial charge in [0.15, 0.2) is 0 Å². The second kappa shape index (κ2) is 7.38. The van der Waals surface area contributed by atoms with Crippen LogP contribution in [0.1, 0.15) is 15.9 Å². The summed E-state index contributed by atoms with van der Waals surface area (Å²) in [4.78, 5) is 12.0. The van der Waals surface area contributed by atoms with E-state index in [2.05, 4.69) is 42.4 Å². The van der Waals surface area contributed by atoms with Crippen molar-refractivity contribution in [1.29, 1.82) is 0 Å². The summed E-state index contributed by atoms with van der Waals surface area (Å²) in [5.41, 5.74) is 3.87. The van der Waals surface area contributed by atoms with Crippen LogP contribution in [0.4, 0.5) is 0 Å². The molecule has 0 fully saturated rings. The maximum absolute atomic E-state index is 12.0. The molecule has 0 unspecified atom stereocenters. The summed E-state index contributed by atoms with van der Waals surface area (Å²) in [7, 11) is 1.57. The van der Waals surface area contributed by atoms with Crippen LogP contribution in [0.3, 0.4) is 0 Å². The summed E-state index contributed by atoms with van der Waals surface area (Å²) < 4.78 is 6.79. The topological polar surface area (TPSA) is 50.7 Å². The molecule has 2 aromatic carbocycles. The molecule has 21 heavy (non-hydrogen) atoms. The van der Waals surface area contributed by atoms with Crippen LogP contribution in [0.25, 0.3) is 0 Å². The molecular weight excluding hydrogens is 400 g/mol. The number of ether oxygens (including phenoxy) is 1. The van der Waals surface area contributed by atoms with Crippen molar-refractivity contribution in [3.05, 3.63) is 62.5 Å². The molecule has 0 aliphatic carbocycles. The Bertz CT molecular complexity index is 687. The molecule has 1 amide bonds. The fraction of sp³-hybridized carbons (Fsp3) is 0.0667. The Balaban J connectivity index is 2.03. The number of carbonyl (C=O) groups is 1. The molecule has 1 N–H and O–H groups in total. The highest BCUT2D eigenvalue weighted by Crippen LogP contribution is 2.25. The van der Waals surface area contributed by atoms with Gasteiger partial charge in [-0.25, -0.2) is 5.43 Å². The van der Waals surface area contributed by atoms with E-state index in [1.54, 1.807) is 31.5 Å². The maximum atomic E-state index is 12.0. The monoisotopic (exact) mass is 410 g/mol. The Labute approximate surface area is 139 Å². The van der Waals surface area contributed by atoms with E-state index >= 15 is 0 Å². The highest BCUT2D eigenvalue weighted by atomic mass is 79.9. The van der Waals surface area contributed by atoms with E-state index < -0.39 is 0 Å². The van der Waals surface area contributed by atoms with Crippen LogP contribution < -0.4 is 10.2 Å². The third-order valence-corrected chi connectivity index (χ3v) is 3.76. The minimum atomic E-state index is -0.287. The number of methoxy groups -OCH3 is 1. The number of halogens is 2. The van der Waals surface area contributed by atoms with Gasteiger partial charge < -0.3 is 4.74 Å². The number of rotatable bonds is 4. The fourth-order valence-electron chi connectivity index (χ4n) is 1.62. The van der Waals surface area contributed by atoms with E-state index in [1.807, 2.05) is 24.3 Å². The van der Waals surface area contributed by atoms with Crippen LogP contribution in [0.2, 0.25) is 0 Å². The van der Waals surface area contributed by atoms with Gasteiger partial charge in [0.05, 0.1) is 17.8 Å². The Morgan fingerprint density at radius 1 is 1.24 bits per heavy atom. The van der Waals surface area contributed by atoms with E-state index in [0.29, 0.717) is 15.8 Å². The standard InChI is InChI=1S/C15H12Br2N2O2/c1-21-14-6-5-11(8-13(14)17)15(20)19-18-9-10-3-2-4-12(16)7-10/h2-9H,1H3,(H,19,20)/b18-9-. The maximum Gasteiger partial charge on any atom is 0.271 e. The Hall–Kier alpha value is -1.66. The van der Waals surface area contributed by atoms with Crippen LogP contribution in [-0.4, -0.2) is 19.2 Å². The molecule has 4 nitrogen and oxygen atoms in total. The molecule has 0 radical (unpaired) electrons. The number of carbonyl (C=O) groups excluding carboxylic acids is 1. The summed E-state index contributed by atoms with van der Waals surface area (Å²) in [6, 6.07) is 12.7. The van der Waals surface area contributed by atoms with Crippen molar-refractivity contribution >= 4 is 44.0 Å². The van der Waals surface area contributed by atoms with Gasteiger partial charge in [-0.3, -0.25) is 4.79 Å². The Kier molecular flexibility index (Phi) is 5.52. The number of hydrogen-bond donors (Lipinski definition) is 1. The molecule has 2 aromatic rings. The van der Waals surface area contributed by atoms with Gasteiger partial charge in [0.1, 0.15) is 5.75 Å². The highest BCUT2D eigenvalue weighted by Gasteiger charge is 2.07. The van der Waals surface area contributed by atoms with Crippen LogP contribution in [0, 0.1) is 0 Å². The number of nitrogens with one attached hydrogen (secondary N) is 1. The van der Waals surface area contributed by atoms with Crippen molar-refractivity contribution in [3.63, 3.8) is 0 Å². The fourth-order valence-corrected chi connectivity index (χ4v) is 2.58. The Morgan fingerprint density at radius 3 is 2.71 bits per heavy atom. The van der Waals surface area contributed by atoms with Crippen molar-refractivity contribution in [2.45, 2.75) is 0 Å². The molecule has 108 valence electrons. The predicted molar refractivity (Wildman–Crippen MR) is 89.9 cm³/mol. The molecule has 0 saturated heterocycles. The van der Waals surface area contributed by atoms with Gasteiger partial charge in [-0.2, -0.15) is 5.10 Å². The van der Waals surface area contributed by atoms with Crippen LogP contribution in [0.5, 0.6) is 5.75 Å². The van der Waals surface area contributed by atoms with Gasteiger partial charge in [-0.15, -0.1) is 0 Å². The summed E-state index contributed by atoms with van der Waals surface area (Å²) in [5, 5.41) is 3.94. The average molecular weight is 412 g/mol. The minimum absolute atomic E-state index is 0.287. The number of benzene rings is 2. The van der Waals surface area contributed by atoms with E-state index in [0.717, 1.165) is 10.0 Å². The first kappa shape index (κ1) is 15.7. The van der Waals surface area contributed by atoms with E-state index in [-0.39, 0.29) is 5.91 Å². The lowest BCUT2D eigenvalue weighted by Crippen LogP contribution is -2.17. The summed E-state index contributed by atoms with van der Waals surface area (Å²) in [5.74, 6) is 0.383. The molecule has 0 bridgehead atoms. The zero-order valence-electron chi connectivity index (χ0n) is 11.1. The van der Waals surface area contributed by atoms with Crippen LogP contribution >= 0.6 is 31.9 Å². The lowest BCUT2D eigenvalue weighted by molar-refractivity contribution is 0.0955. The molecule has 0 aromatic heterocycles. The number of amides is 1. The van der Waals surface area contributed by atoms with Crippen molar-refractivity contribution in [1.82, 2.24) is 5.43 Å². The molecular formula is C15H12Br2N2O2. The highest BCUT2D eigenvalue weighted by molar-refractivity contribution is 9.10. The first-order chi connectivity index (χ1) is 10.1. The lowest BCUT2D eigenvalue weighted by atomic mass is 10.2. The molecule has 0 heterocycles. The molecule has 0 atom stereocenters. The minimum Gasteiger partial charge on any atom is -0.496 e. The summed E-state index contributed by atoms with van der Waals surface area (Å²) >= 11 is 6.71. The van der Waals surface area contributed by atoms with Gasteiger partial charge in [0.2, 0.25) is 0 Å². The smallest absolute Gasteiger partial charge is 0.271 e. The van der Waals surface area contributed by atoms with E-state index in [4.69, 9.17) is 4.74 Å². The normalized spacial score (nSPS) is 10.6. The average Bonchev–Trinajstić information content (AvgIpc) is 2.47. The van der Waals surface area contributed by atoms with Crippen molar-refractivity contribution < 1.29 is 9.53 Å². The SMILES string of the molecule is COc1ccc(C(=O)N/N=C\c2cccc(Br)c2)cc1Br. The molecule has 0 aliphatic rings. The third kappa shape index (κ3) is 4.41. The molecule has 0 spiro atoms. The van der Waals surface area contributed by atoms with Crippen molar-refractivity contribution in [2.75, 3.05) is 7.11 Å². The Morgan fingerprint density at radius 2 is 2.05 bits per heavy atom. The summed E-state index contributed by atoms with van der Waals surface area (Å²) in [6.45, 7) is 0. The van der Waals surface area contributed by atoms with Crippen LogP contribution in [0.15, 0.2) is 56.5 Å². The number of nitrogens with zero attached hydrogens (tertiary/aromatic N) is 1.